The molecular formula is C31H30FNO3. The second-order valence-corrected chi connectivity index (χ2v) is 10.2. The van der Waals surface area contributed by atoms with E-state index in [0.717, 1.165) is 27.6 Å². The van der Waals surface area contributed by atoms with Crippen LogP contribution in [-0.4, -0.2) is 29.1 Å². The van der Waals surface area contributed by atoms with Crippen LogP contribution in [0.3, 0.4) is 0 Å². The van der Waals surface area contributed by atoms with E-state index in [4.69, 9.17) is 9.47 Å². The summed E-state index contributed by atoms with van der Waals surface area (Å²) in [6, 6.07) is 25.8. The summed E-state index contributed by atoms with van der Waals surface area (Å²) >= 11 is 0. The minimum atomic E-state index is -0.282. The van der Waals surface area contributed by atoms with Crippen molar-refractivity contribution in [1.82, 2.24) is 4.90 Å². The number of carbonyl (C=O) groups is 1. The second kappa shape index (κ2) is 9.65. The summed E-state index contributed by atoms with van der Waals surface area (Å²) < 4.78 is 26.0. The molecule has 0 saturated heterocycles. The third-order valence-corrected chi connectivity index (χ3v) is 6.38. The summed E-state index contributed by atoms with van der Waals surface area (Å²) in [6.45, 7) is 6.71. The summed E-state index contributed by atoms with van der Waals surface area (Å²) in [4.78, 5) is 15.7. The van der Waals surface area contributed by atoms with Crippen LogP contribution in [0.1, 0.15) is 42.3 Å². The Balaban J connectivity index is 1.41. The zero-order chi connectivity index (χ0) is 25.3. The standard InChI is InChI=1S/C31H30FNO3/c1-31(2,3)36-27-15-13-26(14-16-27)35-20-25-18-23-17-24(32)12-11-22(23)19-33(25)30(34)29-10-6-8-21-7-4-5-9-28(21)29/h4-17,25H,18-20H2,1-3H3. The van der Waals surface area contributed by atoms with Gasteiger partial charge in [-0.15, -0.1) is 0 Å². The molecule has 5 heteroatoms. The van der Waals surface area contributed by atoms with E-state index in [1.165, 1.54) is 6.07 Å². The van der Waals surface area contributed by atoms with Gasteiger partial charge < -0.3 is 14.4 Å². The van der Waals surface area contributed by atoms with E-state index in [-0.39, 0.29) is 23.4 Å². The minimum absolute atomic E-state index is 0.0516. The highest BCUT2D eigenvalue weighted by Gasteiger charge is 2.32. The van der Waals surface area contributed by atoms with Crippen molar-refractivity contribution in [3.8, 4) is 11.5 Å². The van der Waals surface area contributed by atoms with Gasteiger partial charge in [-0.2, -0.15) is 0 Å². The van der Waals surface area contributed by atoms with E-state index in [1.54, 1.807) is 12.1 Å². The molecule has 0 spiro atoms. The highest BCUT2D eigenvalue weighted by Crippen LogP contribution is 2.29. The number of amides is 1. The number of ether oxygens (including phenoxy) is 2. The Morgan fingerprint density at radius 2 is 1.64 bits per heavy atom. The molecule has 1 aliphatic heterocycles. The molecule has 1 amide bonds. The Labute approximate surface area is 211 Å². The first-order valence-corrected chi connectivity index (χ1v) is 12.2. The molecule has 1 aliphatic rings. The zero-order valence-corrected chi connectivity index (χ0v) is 20.8. The van der Waals surface area contributed by atoms with Crippen molar-refractivity contribution in [3.63, 3.8) is 0 Å². The van der Waals surface area contributed by atoms with E-state index in [1.807, 2.05) is 92.4 Å². The molecular weight excluding hydrogens is 453 g/mol. The van der Waals surface area contributed by atoms with Gasteiger partial charge in [-0.1, -0.05) is 42.5 Å². The molecule has 0 bridgehead atoms. The van der Waals surface area contributed by atoms with Gasteiger partial charge in [0, 0.05) is 12.1 Å². The third-order valence-electron chi connectivity index (χ3n) is 6.38. The van der Waals surface area contributed by atoms with E-state index in [0.29, 0.717) is 30.9 Å². The normalized spacial score (nSPS) is 15.4. The van der Waals surface area contributed by atoms with Gasteiger partial charge >= 0.3 is 0 Å². The molecule has 0 aliphatic carbocycles. The highest BCUT2D eigenvalue weighted by molar-refractivity contribution is 6.07. The van der Waals surface area contributed by atoms with Crippen molar-refractivity contribution in [2.24, 2.45) is 0 Å². The number of halogens is 1. The maximum Gasteiger partial charge on any atom is 0.255 e. The summed E-state index contributed by atoms with van der Waals surface area (Å²) in [7, 11) is 0. The molecule has 4 aromatic rings. The van der Waals surface area contributed by atoms with Gasteiger partial charge in [-0.3, -0.25) is 4.79 Å². The van der Waals surface area contributed by atoms with Crippen LogP contribution in [-0.2, 0) is 13.0 Å². The topological polar surface area (TPSA) is 38.8 Å². The van der Waals surface area contributed by atoms with Crippen LogP contribution < -0.4 is 9.47 Å². The van der Waals surface area contributed by atoms with Crippen molar-refractivity contribution < 1.29 is 18.7 Å². The lowest BCUT2D eigenvalue weighted by molar-refractivity contribution is 0.0568. The van der Waals surface area contributed by atoms with E-state index < -0.39 is 0 Å². The quantitative estimate of drug-likeness (QED) is 0.313. The van der Waals surface area contributed by atoms with Crippen LogP contribution >= 0.6 is 0 Å². The lowest BCUT2D eigenvalue weighted by Crippen LogP contribution is -2.47. The molecule has 0 saturated carbocycles. The van der Waals surface area contributed by atoms with Gasteiger partial charge in [0.2, 0.25) is 0 Å². The van der Waals surface area contributed by atoms with Crippen LogP contribution in [0.2, 0.25) is 0 Å². The van der Waals surface area contributed by atoms with E-state index in [9.17, 15) is 9.18 Å². The van der Waals surface area contributed by atoms with E-state index >= 15 is 0 Å². The number of rotatable bonds is 5. The number of hydrogen-bond acceptors (Lipinski definition) is 3. The molecule has 1 heterocycles. The van der Waals surface area contributed by atoms with Crippen LogP contribution in [0.4, 0.5) is 4.39 Å². The van der Waals surface area contributed by atoms with Gasteiger partial charge in [0.05, 0.1) is 6.04 Å². The fourth-order valence-corrected chi connectivity index (χ4v) is 4.72. The maximum atomic E-state index is 14.0. The maximum absolute atomic E-state index is 14.0. The molecule has 4 nitrogen and oxygen atoms in total. The third kappa shape index (κ3) is 5.20. The molecule has 0 N–H and O–H groups in total. The lowest BCUT2D eigenvalue weighted by atomic mass is 9.93. The first-order chi connectivity index (χ1) is 17.3. The summed E-state index contributed by atoms with van der Waals surface area (Å²) in [5.74, 6) is 1.14. The largest absolute Gasteiger partial charge is 0.491 e. The van der Waals surface area contributed by atoms with Gasteiger partial charge in [0.15, 0.2) is 0 Å². The van der Waals surface area contributed by atoms with Crippen molar-refractivity contribution in [1.29, 1.82) is 0 Å². The molecule has 1 atom stereocenters. The van der Waals surface area contributed by atoms with Gasteiger partial charge in [0.1, 0.15) is 29.5 Å². The summed E-state index contributed by atoms with van der Waals surface area (Å²) in [5, 5.41) is 1.94. The van der Waals surface area contributed by atoms with E-state index in [2.05, 4.69) is 0 Å². The van der Waals surface area contributed by atoms with Crippen molar-refractivity contribution >= 4 is 16.7 Å². The van der Waals surface area contributed by atoms with Crippen LogP contribution in [0, 0.1) is 5.82 Å². The fourth-order valence-electron chi connectivity index (χ4n) is 4.72. The molecule has 0 radical (unpaired) electrons. The van der Waals surface area contributed by atoms with Crippen LogP contribution in [0.15, 0.2) is 84.9 Å². The van der Waals surface area contributed by atoms with Crippen LogP contribution in [0.5, 0.6) is 11.5 Å². The fraction of sp³-hybridized carbons (Fsp3) is 0.258. The Morgan fingerprint density at radius 3 is 2.42 bits per heavy atom. The lowest BCUT2D eigenvalue weighted by Gasteiger charge is -2.37. The van der Waals surface area contributed by atoms with Gasteiger partial charge in [0.25, 0.3) is 5.91 Å². The summed E-state index contributed by atoms with van der Waals surface area (Å²) in [5.41, 5.74) is 2.26. The molecule has 4 aromatic carbocycles. The van der Waals surface area contributed by atoms with Gasteiger partial charge in [-0.05, 0) is 91.6 Å². The number of hydrogen-bond donors (Lipinski definition) is 0. The average molecular weight is 484 g/mol. The Bertz CT molecular complexity index is 1390. The summed E-state index contributed by atoms with van der Waals surface area (Å²) in [6.07, 6.45) is 0.523. The predicted molar refractivity (Wildman–Crippen MR) is 140 cm³/mol. The molecule has 184 valence electrons. The zero-order valence-electron chi connectivity index (χ0n) is 20.8. The molecule has 0 aromatic heterocycles. The molecule has 1 unspecified atom stereocenters. The SMILES string of the molecule is CC(C)(C)Oc1ccc(OCC2Cc3cc(F)ccc3CN2C(=O)c2cccc3ccccc23)cc1. The van der Waals surface area contributed by atoms with Crippen LogP contribution in [0.25, 0.3) is 10.8 Å². The number of fused-ring (bicyclic) bond motifs is 2. The number of benzene rings is 4. The van der Waals surface area contributed by atoms with Crippen molar-refractivity contribution in [2.75, 3.05) is 6.61 Å². The Hall–Kier alpha value is -3.86. The monoisotopic (exact) mass is 483 g/mol. The molecule has 5 rings (SSSR count). The first-order valence-electron chi connectivity index (χ1n) is 12.2. The van der Waals surface area contributed by atoms with Crippen molar-refractivity contribution in [2.45, 2.75) is 45.4 Å². The number of nitrogens with zero attached hydrogens (tertiary/aromatic N) is 1. The second-order valence-electron chi connectivity index (χ2n) is 10.2. The Kier molecular flexibility index (Phi) is 6.40. The Morgan fingerprint density at radius 1 is 0.917 bits per heavy atom. The minimum Gasteiger partial charge on any atom is -0.491 e. The highest BCUT2D eigenvalue weighted by atomic mass is 19.1. The first kappa shape index (κ1) is 23.9. The predicted octanol–water partition coefficient (Wildman–Crippen LogP) is 6.80. The molecule has 36 heavy (non-hydrogen) atoms. The smallest absolute Gasteiger partial charge is 0.255 e. The number of carbonyl (C=O) groups excluding carboxylic acids is 1. The molecule has 0 fully saturated rings. The van der Waals surface area contributed by atoms with Gasteiger partial charge in [-0.25, -0.2) is 4.39 Å². The van der Waals surface area contributed by atoms with Crippen molar-refractivity contribution in [3.05, 3.63) is 107 Å². The average Bonchev–Trinajstić information content (AvgIpc) is 2.86.